The van der Waals surface area contributed by atoms with Crippen molar-refractivity contribution < 1.29 is 4.79 Å². The SMILES string of the molecule is NC(=O)[C@@H](Cc1ccccc1)Nc1ccc(-c2ccncc2)cc1. The molecule has 2 aromatic carbocycles. The van der Waals surface area contributed by atoms with E-state index in [4.69, 9.17) is 5.73 Å². The van der Waals surface area contributed by atoms with Gasteiger partial charge >= 0.3 is 0 Å². The van der Waals surface area contributed by atoms with Crippen LogP contribution in [-0.4, -0.2) is 16.9 Å². The molecule has 0 saturated heterocycles. The molecule has 0 saturated carbocycles. The van der Waals surface area contributed by atoms with Crippen LogP contribution in [0.4, 0.5) is 5.69 Å². The Morgan fingerprint density at radius 1 is 0.917 bits per heavy atom. The van der Waals surface area contributed by atoms with Crippen molar-refractivity contribution in [1.82, 2.24) is 4.98 Å². The molecule has 1 atom stereocenters. The summed E-state index contributed by atoms with van der Waals surface area (Å²) < 4.78 is 0. The highest BCUT2D eigenvalue weighted by Gasteiger charge is 2.15. The Hall–Kier alpha value is -3.14. The number of carbonyl (C=O) groups excluding carboxylic acids is 1. The molecule has 3 rings (SSSR count). The highest BCUT2D eigenvalue weighted by molar-refractivity contribution is 5.83. The van der Waals surface area contributed by atoms with Gasteiger partial charge in [-0.25, -0.2) is 0 Å². The zero-order valence-electron chi connectivity index (χ0n) is 13.2. The zero-order chi connectivity index (χ0) is 16.8. The molecule has 0 fully saturated rings. The Balaban J connectivity index is 1.72. The van der Waals surface area contributed by atoms with Crippen molar-refractivity contribution in [3.8, 4) is 11.1 Å². The average Bonchev–Trinajstić information content (AvgIpc) is 2.63. The van der Waals surface area contributed by atoms with E-state index in [0.29, 0.717) is 6.42 Å². The van der Waals surface area contributed by atoms with Crippen molar-refractivity contribution in [2.45, 2.75) is 12.5 Å². The van der Waals surface area contributed by atoms with E-state index in [1.165, 1.54) is 0 Å². The van der Waals surface area contributed by atoms with Crippen LogP contribution in [0.15, 0.2) is 79.1 Å². The summed E-state index contributed by atoms with van der Waals surface area (Å²) in [6, 6.07) is 21.3. The number of nitrogens with zero attached hydrogens (tertiary/aromatic N) is 1. The number of carbonyl (C=O) groups is 1. The number of hydrogen-bond donors (Lipinski definition) is 2. The number of anilines is 1. The molecule has 0 unspecified atom stereocenters. The van der Waals surface area contributed by atoms with Crippen LogP contribution >= 0.6 is 0 Å². The molecule has 3 aromatic rings. The van der Waals surface area contributed by atoms with Crippen molar-refractivity contribution in [2.75, 3.05) is 5.32 Å². The molecule has 4 nitrogen and oxygen atoms in total. The summed E-state index contributed by atoms with van der Waals surface area (Å²) in [5, 5.41) is 3.22. The predicted molar refractivity (Wildman–Crippen MR) is 96.4 cm³/mol. The molecule has 24 heavy (non-hydrogen) atoms. The molecule has 3 N–H and O–H groups in total. The van der Waals surface area contributed by atoms with E-state index in [2.05, 4.69) is 10.3 Å². The minimum Gasteiger partial charge on any atom is -0.373 e. The van der Waals surface area contributed by atoms with Gasteiger partial charge < -0.3 is 11.1 Å². The molecular weight excluding hydrogens is 298 g/mol. The first kappa shape index (κ1) is 15.7. The van der Waals surface area contributed by atoms with E-state index in [1.54, 1.807) is 12.4 Å². The summed E-state index contributed by atoms with van der Waals surface area (Å²) >= 11 is 0. The molecular formula is C20H19N3O. The number of rotatable bonds is 6. The van der Waals surface area contributed by atoms with Gasteiger partial charge in [-0.15, -0.1) is 0 Å². The lowest BCUT2D eigenvalue weighted by Gasteiger charge is -2.17. The fraction of sp³-hybridized carbons (Fsp3) is 0.100. The number of benzene rings is 2. The van der Waals surface area contributed by atoms with Gasteiger partial charge in [0.1, 0.15) is 6.04 Å². The number of hydrogen-bond acceptors (Lipinski definition) is 3. The number of nitrogens with one attached hydrogen (secondary N) is 1. The molecule has 0 bridgehead atoms. The summed E-state index contributed by atoms with van der Waals surface area (Å²) in [6.45, 7) is 0. The van der Waals surface area contributed by atoms with Gasteiger partial charge in [-0.1, -0.05) is 42.5 Å². The molecule has 0 aliphatic rings. The van der Waals surface area contributed by atoms with Crippen molar-refractivity contribution in [3.05, 3.63) is 84.7 Å². The molecule has 0 spiro atoms. The summed E-state index contributed by atoms with van der Waals surface area (Å²) in [5.41, 5.74) is 9.69. The van der Waals surface area contributed by atoms with Gasteiger partial charge in [-0.05, 0) is 41.0 Å². The van der Waals surface area contributed by atoms with E-state index in [9.17, 15) is 4.79 Å². The van der Waals surface area contributed by atoms with Crippen LogP contribution in [0.25, 0.3) is 11.1 Å². The number of aromatic nitrogens is 1. The number of pyridine rings is 1. The van der Waals surface area contributed by atoms with Crippen LogP contribution in [0.3, 0.4) is 0 Å². The third-order valence-corrected chi connectivity index (χ3v) is 3.87. The maximum atomic E-state index is 11.7. The fourth-order valence-electron chi connectivity index (χ4n) is 2.58. The second kappa shape index (κ2) is 7.42. The fourth-order valence-corrected chi connectivity index (χ4v) is 2.58. The Bertz CT molecular complexity index is 786. The van der Waals surface area contributed by atoms with Crippen LogP contribution in [0.2, 0.25) is 0 Å². The van der Waals surface area contributed by atoms with Crippen molar-refractivity contribution >= 4 is 11.6 Å². The lowest BCUT2D eigenvalue weighted by Crippen LogP contribution is -2.37. The summed E-state index contributed by atoms with van der Waals surface area (Å²) in [5.74, 6) is -0.364. The molecule has 1 amide bonds. The maximum Gasteiger partial charge on any atom is 0.240 e. The highest BCUT2D eigenvalue weighted by Crippen LogP contribution is 2.21. The van der Waals surface area contributed by atoms with E-state index >= 15 is 0 Å². The standard InChI is InChI=1S/C20H19N3O/c21-20(24)19(14-15-4-2-1-3-5-15)23-18-8-6-16(7-9-18)17-10-12-22-13-11-17/h1-13,19,23H,14H2,(H2,21,24)/t19-/m1/s1. The molecule has 0 radical (unpaired) electrons. The second-order valence-electron chi connectivity index (χ2n) is 5.60. The highest BCUT2D eigenvalue weighted by atomic mass is 16.1. The van der Waals surface area contributed by atoms with Gasteiger partial charge in [0.05, 0.1) is 0 Å². The number of nitrogens with two attached hydrogens (primary N) is 1. The predicted octanol–water partition coefficient (Wildman–Crippen LogP) is 3.26. The van der Waals surface area contributed by atoms with Crippen LogP contribution in [0.1, 0.15) is 5.56 Å². The minimum atomic E-state index is -0.445. The van der Waals surface area contributed by atoms with Crippen molar-refractivity contribution in [3.63, 3.8) is 0 Å². The van der Waals surface area contributed by atoms with E-state index in [0.717, 1.165) is 22.4 Å². The summed E-state index contributed by atoms with van der Waals surface area (Å²) in [6.07, 6.45) is 4.09. The molecule has 120 valence electrons. The monoisotopic (exact) mass is 317 g/mol. The smallest absolute Gasteiger partial charge is 0.240 e. The van der Waals surface area contributed by atoms with Gasteiger partial charge in [0, 0.05) is 24.5 Å². The lowest BCUT2D eigenvalue weighted by molar-refractivity contribution is -0.118. The van der Waals surface area contributed by atoms with Gasteiger partial charge in [0.25, 0.3) is 0 Å². The summed E-state index contributed by atoms with van der Waals surface area (Å²) in [4.78, 5) is 15.8. The average molecular weight is 317 g/mol. The zero-order valence-corrected chi connectivity index (χ0v) is 13.2. The first-order valence-electron chi connectivity index (χ1n) is 7.82. The Morgan fingerprint density at radius 3 is 2.17 bits per heavy atom. The largest absolute Gasteiger partial charge is 0.373 e. The minimum absolute atomic E-state index is 0.364. The molecule has 1 aromatic heterocycles. The van der Waals surface area contributed by atoms with Crippen molar-refractivity contribution in [2.24, 2.45) is 5.73 Å². The van der Waals surface area contributed by atoms with Gasteiger partial charge in [0.15, 0.2) is 0 Å². The molecule has 0 aliphatic carbocycles. The number of primary amides is 1. The van der Waals surface area contributed by atoms with Gasteiger partial charge in [-0.2, -0.15) is 0 Å². The lowest BCUT2D eigenvalue weighted by atomic mass is 10.0. The van der Waals surface area contributed by atoms with E-state index < -0.39 is 6.04 Å². The Kier molecular flexibility index (Phi) is 4.87. The van der Waals surface area contributed by atoms with Gasteiger partial charge in [-0.3, -0.25) is 9.78 Å². The molecule has 1 heterocycles. The normalized spacial score (nSPS) is 11.7. The first-order chi connectivity index (χ1) is 11.7. The number of amides is 1. The van der Waals surface area contributed by atoms with Gasteiger partial charge in [0.2, 0.25) is 5.91 Å². The summed E-state index contributed by atoms with van der Waals surface area (Å²) in [7, 11) is 0. The first-order valence-corrected chi connectivity index (χ1v) is 7.82. The van der Waals surface area contributed by atoms with Crippen LogP contribution in [-0.2, 0) is 11.2 Å². The third-order valence-electron chi connectivity index (χ3n) is 3.87. The third kappa shape index (κ3) is 3.98. The van der Waals surface area contributed by atoms with Crippen LogP contribution in [0, 0.1) is 0 Å². The van der Waals surface area contributed by atoms with E-state index in [1.807, 2.05) is 66.7 Å². The maximum absolute atomic E-state index is 11.7. The Morgan fingerprint density at radius 2 is 1.54 bits per heavy atom. The quantitative estimate of drug-likeness (QED) is 0.733. The van der Waals surface area contributed by atoms with Crippen molar-refractivity contribution in [1.29, 1.82) is 0 Å². The van der Waals surface area contributed by atoms with Crippen LogP contribution < -0.4 is 11.1 Å². The second-order valence-corrected chi connectivity index (χ2v) is 5.60. The Labute approximate surface area is 141 Å². The van der Waals surface area contributed by atoms with E-state index in [-0.39, 0.29) is 5.91 Å². The van der Waals surface area contributed by atoms with Crippen LogP contribution in [0.5, 0.6) is 0 Å². The molecule has 4 heteroatoms. The topological polar surface area (TPSA) is 68.0 Å². The molecule has 0 aliphatic heterocycles.